The number of ether oxygens (including phenoxy) is 3. The molecule has 4 rings (SSSR count). The number of rotatable bonds is 6. The minimum Gasteiger partial charge on any atom is -0.473 e. The Labute approximate surface area is 183 Å². The predicted molar refractivity (Wildman–Crippen MR) is 112 cm³/mol. The van der Waals surface area contributed by atoms with Gasteiger partial charge in [0.1, 0.15) is 18.2 Å². The molecule has 2 aromatic heterocycles. The third kappa shape index (κ3) is 4.86. The molecular weight excluding hydrogens is 422 g/mol. The molecule has 10 heteroatoms. The van der Waals surface area contributed by atoms with Crippen LogP contribution < -0.4 is 20.1 Å². The van der Waals surface area contributed by atoms with E-state index in [4.69, 9.17) is 14.2 Å². The third-order valence-electron chi connectivity index (χ3n) is 4.96. The van der Waals surface area contributed by atoms with Crippen molar-refractivity contribution in [2.75, 3.05) is 31.2 Å². The molecule has 3 aromatic rings. The maximum Gasteiger partial charge on any atom is 0.352 e. The smallest absolute Gasteiger partial charge is 0.352 e. The molecule has 0 bridgehead atoms. The number of anilines is 1. The minimum absolute atomic E-state index is 0.0722. The molecule has 1 fully saturated rings. The zero-order valence-corrected chi connectivity index (χ0v) is 17.7. The van der Waals surface area contributed by atoms with Gasteiger partial charge < -0.3 is 19.1 Å². The van der Waals surface area contributed by atoms with Crippen LogP contribution in [0.25, 0.3) is 0 Å². The SMILES string of the molecule is Cc1cc(Oc2c(F)cc(COc3cc(N4CCOCC4)n(C)c(=O)n3)cc2F)ccn1. The molecule has 0 radical (unpaired) electrons. The zero-order valence-electron chi connectivity index (χ0n) is 17.7. The van der Waals surface area contributed by atoms with Gasteiger partial charge in [0.05, 0.1) is 13.2 Å². The Morgan fingerprint density at radius 1 is 1.12 bits per heavy atom. The first-order valence-electron chi connectivity index (χ1n) is 10.0. The van der Waals surface area contributed by atoms with Gasteiger partial charge in [-0.1, -0.05) is 0 Å². The van der Waals surface area contributed by atoms with Crippen LogP contribution >= 0.6 is 0 Å². The van der Waals surface area contributed by atoms with Crippen molar-refractivity contribution < 1.29 is 23.0 Å². The largest absolute Gasteiger partial charge is 0.473 e. The molecule has 0 unspecified atom stereocenters. The van der Waals surface area contributed by atoms with Gasteiger partial charge in [0.15, 0.2) is 17.4 Å². The quantitative estimate of drug-likeness (QED) is 0.578. The summed E-state index contributed by atoms with van der Waals surface area (Å²) >= 11 is 0. The number of nitrogens with zero attached hydrogens (tertiary/aromatic N) is 4. The summed E-state index contributed by atoms with van der Waals surface area (Å²) in [6.45, 7) is 3.94. The Hall–Kier alpha value is -3.53. The fourth-order valence-electron chi connectivity index (χ4n) is 3.33. The first-order chi connectivity index (χ1) is 15.4. The Balaban J connectivity index is 1.50. The normalized spacial score (nSPS) is 13.8. The molecular formula is C22H22F2N4O4. The number of halogens is 2. The van der Waals surface area contributed by atoms with E-state index in [1.165, 1.54) is 16.8 Å². The number of aryl methyl sites for hydroxylation is 1. The molecule has 1 aliphatic heterocycles. The summed E-state index contributed by atoms with van der Waals surface area (Å²) in [6, 6.07) is 6.95. The summed E-state index contributed by atoms with van der Waals surface area (Å²) in [6.07, 6.45) is 1.49. The molecule has 0 aliphatic carbocycles. The molecule has 0 atom stereocenters. The Bertz CT molecular complexity index is 1160. The number of hydrogen-bond acceptors (Lipinski definition) is 7. The molecule has 32 heavy (non-hydrogen) atoms. The highest BCUT2D eigenvalue weighted by Gasteiger charge is 2.18. The molecule has 168 valence electrons. The van der Waals surface area contributed by atoms with Crippen LogP contribution in [0.4, 0.5) is 14.6 Å². The van der Waals surface area contributed by atoms with Crippen molar-refractivity contribution in [1.82, 2.24) is 14.5 Å². The number of aromatic nitrogens is 3. The Kier molecular flexibility index (Phi) is 6.31. The van der Waals surface area contributed by atoms with Gasteiger partial charge in [-0.2, -0.15) is 4.98 Å². The number of pyridine rings is 1. The average molecular weight is 444 g/mol. The molecule has 0 spiro atoms. The fourth-order valence-corrected chi connectivity index (χ4v) is 3.33. The summed E-state index contributed by atoms with van der Waals surface area (Å²) in [4.78, 5) is 22.1. The molecule has 3 heterocycles. The molecule has 1 saturated heterocycles. The lowest BCUT2D eigenvalue weighted by atomic mass is 10.2. The molecule has 0 N–H and O–H groups in total. The summed E-state index contributed by atoms with van der Waals surface area (Å²) in [5.74, 6) is -1.27. The monoisotopic (exact) mass is 444 g/mol. The molecule has 8 nitrogen and oxygen atoms in total. The number of benzene rings is 1. The van der Waals surface area contributed by atoms with E-state index in [0.29, 0.717) is 37.8 Å². The number of hydrogen-bond donors (Lipinski definition) is 0. The highest BCUT2D eigenvalue weighted by molar-refractivity contribution is 5.43. The maximum atomic E-state index is 14.5. The second kappa shape index (κ2) is 9.31. The molecule has 0 amide bonds. The first-order valence-corrected chi connectivity index (χ1v) is 10.0. The Morgan fingerprint density at radius 3 is 2.53 bits per heavy atom. The van der Waals surface area contributed by atoms with Gasteiger partial charge in [-0.25, -0.2) is 13.6 Å². The first kappa shape index (κ1) is 21.7. The predicted octanol–water partition coefficient (Wildman–Crippen LogP) is 2.97. The minimum atomic E-state index is -0.871. The Morgan fingerprint density at radius 2 is 1.84 bits per heavy atom. The van der Waals surface area contributed by atoms with Gasteiger partial charge in [-0.15, -0.1) is 0 Å². The van der Waals surface area contributed by atoms with Gasteiger partial charge in [0.25, 0.3) is 0 Å². The van der Waals surface area contributed by atoms with Crippen molar-refractivity contribution in [3.8, 4) is 17.4 Å². The highest BCUT2D eigenvalue weighted by Crippen LogP contribution is 2.29. The maximum absolute atomic E-state index is 14.5. The number of morpholine rings is 1. The summed E-state index contributed by atoms with van der Waals surface area (Å²) in [5.41, 5.74) is 0.401. The van der Waals surface area contributed by atoms with Crippen molar-refractivity contribution in [1.29, 1.82) is 0 Å². The van der Waals surface area contributed by atoms with Gasteiger partial charge in [0, 0.05) is 44.2 Å². The molecule has 0 saturated carbocycles. The van der Waals surface area contributed by atoms with E-state index in [1.54, 1.807) is 26.1 Å². The van der Waals surface area contributed by atoms with Crippen molar-refractivity contribution in [3.63, 3.8) is 0 Å². The van der Waals surface area contributed by atoms with E-state index in [2.05, 4.69) is 9.97 Å². The van der Waals surface area contributed by atoms with E-state index in [0.717, 1.165) is 12.1 Å². The lowest BCUT2D eigenvalue weighted by Gasteiger charge is -2.29. The second-order valence-corrected chi connectivity index (χ2v) is 7.31. The lowest BCUT2D eigenvalue weighted by Crippen LogP contribution is -2.39. The summed E-state index contributed by atoms with van der Waals surface area (Å²) < 4.78 is 46.7. The van der Waals surface area contributed by atoms with Crippen molar-refractivity contribution in [2.24, 2.45) is 7.05 Å². The third-order valence-corrected chi connectivity index (χ3v) is 4.96. The molecule has 1 aromatic carbocycles. The van der Waals surface area contributed by atoms with Gasteiger partial charge in [0.2, 0.25) is 5.88 Å². The van der Waals surface area contributed by atoms with Crippen molar-refractivity contribution in [2.45, 2.75) is 13.5 Å². The summed E-state index contributed by atoms with van der Waals surface area (Å²) in [7, 11) is 1.62. The second-order valence-electron chi connectivity index (χ2n) is 7.31. The highest BCUT2D eigenvalue weighted by atomic mass is 19.1. The van der Waals surface area contributed by atoms with Crippen molar-refractivity contribution >= 4 is 5.82 Å². The van der Waals surface area contributed by atoms with E-state index in [9.17, 15) is 13.6 Å². The van der Waals surface area contributed by atoms with E-state index < -0.39 is 23.1 Å². The van der Waals surface area contributed by atoms with Crippen LogP contribution in [0.5, 0.6) is 17.4 Å². The van der Waals surface area contributed by atoms with Gasteiger partial charge in [-0.05, 0) is 30.7 Å². The van der Waals surface area contributed by atoms with Crippen molar-refractivity contribution in [3.05, 3.63) is 69.9 Å². The average Bonchev–Trinajstić information content (AvgIpc) is 2.77. The fraction of sp³-hybridized carbons (Fsp3) is 0.318. The van der Waals surface area contributed by atoms with E-state index in [1.807, 2.05) is 4.90 Å². The van der Waals surface area contributed by atoms with Crippen LogP contribution in [0.2, 0.25) is 0 Å². The van der Waals surface area contributed by atoms with Crippen LogP contribution in [0, 0.1) is 18.6 Å². The lowest BCUT2D eigenvalue weighted by molar-refractivity contribution is 0.122. The topological polar surface area (TPSA) is 78.7 Å². The van der Waals surface area contributed by atoms with E-state index in [-0.39, 0.29) is 23.8 Å². The van der Waals surface area contributed by atoms with Crippen LogP contribution in [-0.2, 0) is 18.4 Å². The standard InChI is InChI=1S/C22H22F2N4O4/c1-14-9-16(3-4-25-14)32-21-17(23)10-15(11-18(21)24)13-31-19-12-20(27(2)22(29)26-19)28-5-7-30-8-6-28/h3-4,9-12H,5-8,13H2,1-2H3. The molecule has 1 aliphatic rings. The zero-order chi connectivity index (χ0) is 22.7. The van der Waals surface area contributed by atoms with Gasteiger partial charge >= 0.3 is 5.69 Å². The van der Waals surface area contributed by atoms with Gasteiger partial charge in [-0.3, -0.25) is 9.55 Å². The van der Waals surface area contributed by atoms with Crippen LogP contribution in [0.1, 0.15) is 11.3 Å². The summed E-state index contributed by atoms with van der Waals surface area (Å²) in [5, 5.41) is 0. The van der Waals surface area contributed by atoms with Crippen LogP contribution in [0.15, 0.2) is 41.3 Å². The van der Waals surface area contributed by atoms with E-state index >= 15 is 0 Å². The van der Waals surface area contributed by atoms with Crippen LogP contribution in [-0.4, -0.2) is 40.8 Å². The van der Waals surface area contributed by atoms with Crippen LogP contribution in [0.3, 0.4) is 0 Å².